The zero-order chi connectivity index (χ0) is 13.8. The number of hydrogen-bond acceptors (Lipinski definition) is 5. The van der Waals surface area contributed by atoms with Crippen molar-refractivity contribution in [2.45, 2.75) is 26.3 Å². The summed E-state index contributed by atoms with van der Waals surface area (Å²) in [4.78, 5) is 10.5. The monoisotopic (exact) mass is 254 g/mol. The van der Waals surface area contributed by atoms with Crippen LogP contribution in [-0.4, -0.2) is 23.7 Å². The van der Waals surface area contributed by atoms with Crippen molar-refractivity contribution < 1.29 is 14.4 Å². The van der Waals surface area contributed by atoms with E-state index in [0.717, 1.165) is 0 Å². The van der Waals surface area contributed by atoms with E-state index in [0.29, 0.717) is 6.61 Å². The van der Waals surface area contributed by atoms with Crippen molar-refractivity contribution in [3.05, 3.63) is 28.3 Å². The number of nitrogens with two attached hydrogens (primary N) is 1. The molecule has 0 bridgehead atoms. The fourth-order valence-electron chi connectivity index (χ4n) is 1.33. The largest absolute Gasteiger partial charge is 0.487 e. The van der Waals surface area contributed by atoms with Gasteiger partial charge in [0, 0.05) is 5.54 Å². The first-order chi connectivity index (χ1) is 8.35. The van der Waals surface area contributed by atoms with Gasteiger partial charge in [-0.25, -0.2) is 0 Å². The predicted octanol–water partition coefficient (Wildman–Crippen LogP) is 2.11. The molecule has 0 atom stereocenters. The molecule has 0 unspecified atom stereocenters. The molecule has 6 nitrogen and oxygen atoms in total. The summed E-state index contributed by atoms with van der Waals surface area (Å²) in [6.07, 6.45) is 0. The third kappa shape index (κ3) is 3.89. The number of nitro groups is 1. The highest BCUT2D eigenvalue weighted by molar-refractivity contribution is 5.57. The van der Waals surface area contributed by atoms with Crippen LogP contribution in [0.25, 0.3) is 0 Å². The molecule has 100 valence electrons. The standard InChI is InChI=1S/C12H18N2O4/c1-4-17-9-6-5-7-10(11(9)14(15)16)18-8-12(2,3)13/h5-7H,4,8,13H2,1-3H3. The van der Waals surface area contributed by atoms with Crippen molar-refractivity contribution in [3.8, 4) is 11.5 Å². The van der Waals surface area contributed by atoms with Crippen LogP contribution in [0.3, 0.4) is 0 Å². The fourth-order valence-corrected chi connectivity index (χ4v) is 1.33. The van der Waals surface area contributed by atoms with Gasteiger partial charge in [0.15, 0.2) is 0 Å². The molecule has 1 aromatic carbocycles. The molecule has 6 heteroatoms. The fraction of sp³-hybridized carbons (Fsp3) is 0.500. The lowest BCUT2D eigenvalue weighted by Gasteiger charge is -2.19. The molecular formula is C12H18N2O4. The summed E-state index contributed by atoms with van der Waals surface area (Å²) in [5, 5.41) is 11.1. The second-order valence-electron chi connectivity index (χ2n) is 4.57. The minimum absolute atomic E-state index is 0.163. The number of hydrogen-bond donors (Lipinski definition) is 1. The van der Waals surface area contributed by atoms with Crippen molar-refractivity contribution in [1.29, 1.82) is 0 Å². The van der Waals surface area contributed by atoms with Crippen molar-refractivity contribution in [3.63, 3.8) is 0 Å². The van der Waals surface area contributed by atoms with Gasteiger partial charge in [-0.1, -0.05) is 6.07 Å². The van der Waals surface area contributed by atoms with Crippen LogP contribution in [-0.2, 0) is 0 Å². The maximum absolute atomic E-state index is 11.1. The van der Waals surface area contributed by atoms with Crippen molar-refractivity contribution in [2.75, 3.05) is 13.2 Å². The van der Waals surface area contributed by atoms with Gasteiger partial charge in [-0.05, 0) is 32.9 Å². The Morgan fingerprint density at radius 1 is 1.33 bits per heavy atom. The maximum atomic E-state index is 11.1. The van der Waals surface area contributed by atoms with Crippen LogP contribution in [0.2, 0.25) is 0 Å². The second kappa shape index (κ2) is 5.68. The SMILES string of the molecule is CCOc1cccc(OCC(C)(C)N)c1[N+](=O)[O-]. The molecule has 2 N–H and O–H groups in total. The molecule has 0 spiro atoms. The normalized spacial score (nSPS) is 11.1. The molecule has 0 aromatic heterocycles. The van der Waals surface area contributed by atoms with Crippen LogP contribution < -0.4 is 15.2 Å². The number of benzene rings is 1. The van der Waals surface area contributed by atoms with E-state index in [-0.39, 0.29) is 23.8 Å². The Morgan fingerprint density at radius 2 is 1.89 bits per heavy atom. The van der Waals surface area contributed by atoms with E-state index in [9.17, 15) is 10.1 Å². The summed E-state index contributed by atoms with van der Waals surface area (Å²) in [6.45, 7) is 5.87. The lowest BCUT2D eigenvalue weighted by atomic mass is 10.1. The third-order valence-electron chi connectivity index (χ3n) is 2.04. The molecule has 0 aliphatic carbocycles. The Balaban J connectivity index is 3.03. The minimum atomic E-state index is -0.560. The van der Waals surface area contributed by atoms with Crippen LogP contribution in [0.5, 0.6) is 11.5 Å². The molecule has 0 radical (unpaired) electrons. The van der Waals surface area contributed by atoms with E-state index in [4.69, 9.17) is 15.2 Å². The molecule has 0 saturated carbocycles. The van der Waals surface area contributed by atoms with Crippen LogP contribution >= 0.6 is 0 Å². The zero-order valence-electron chi connectivity index (χ0n) is 10.8. The highest BCUT2D eigenvalue weighted by atomic mass is 16.6. The maximum Gasteiger partial charge on any atom is 0.352 e. The van der Waals surface area contributed by atoms with E-state index in [2.05, 4.69) is 0 Å². The van der Waals surface area contributed by atoms with Gasteiger partial charge in [0.25, 0.3) is 0 Å². The Hall–Kier alpha value is -1.82. The topological polar surface area (TPSA) is 87.6 Å². The highest BCUT2D eigenvalue weighted by Crippen LogP contribution is 2.36. The first-order valence-electron chi connectivity index (χ1n) is 5.67. The number of para-hydroxylation sites is 1. The van der Waals surface area contributed by atoms with Gasteiger partial charge in [-0.15, -0.1) is 0 Å². The van der Waals surface area contributed by atoms with Crippen molar-refractivity contribution >= 4 is 5.69 Å². The van der Waals surface area contributed by atoms with Gasteiger partial charge < -0.3 is 15.2 Å². The molecule has 1 aromatic rings. The Bertz CT molecular complexity index is 427. The minimum Gasteiger partial charge on any atom is -0.487 e. The smallest absolute Gasteiger partial charge is 0.352 e. The van der Waals surface area contributed by atoms with E-state index < -0.39 is 10.5 Å². The van der Waals surface area contributed by atoms with Gasteiger partial charge in [-0.2, -0.15) is 0 Å². The second-order valence-corrected chi connectivity index (χ2v) is 4.57. The van der Waals surface area contributed by atoms with Gasteiger partial charge in [-0.3, -0.25) is 10.1 Å². The van der Waals surface area contributed by atoms with Crippen LogP contribution in [0.4, 0.5) is 5.69 Å². The lowest BCUT2D eigenvalue weighted by molar-refractivity contribution is -0.386. The molecule has 0 aliphatic rings. The van der Waals surface area contributed by atoms with E-state index >= 15 is 0 Å². The summed E-state index contributed by atoms with van der Waals surface area (Å²) in [5.74, 6) is 0.374. The Labute approximate surface area is 106 Å². The summed E-state index contributed by atoms with van der Waals surface area (Å²) in [6, 6.07) is 4.73. The molecule has 0 fully saturated rings. The Morgan fingerprint density at radius 3 is 2.33 bits per heavy atom. The van der Waals surface area contributed by atoms with E-state index in [1.165, 1.54) is 6.07 Å². The van der Waals surface area contributed by atoms with Gasteiger partial charge in [0.2, 0.25) is 11.5 Å². The summed E-state index contributed by atoms with van der Waals surface area (Å²) in [7, 11) is 0. The lowest BCUT2D eigenvalue weighted by Crippen LogP contribution is -2.38. The first-order valence-corrected chi connectivity index (χ1v) is 5.67. The van der Waals surface area contributed by atoms with Gasteiger partial charge in [0.1, 0.15) is 6.61 Å². The molecule has 1 rings (SSSR count). The van der Waals surface area contributed by atoms with Crippen molar-refractivity contribution in [2.24, 2.45) is 5.73 Å². The molecule has 0 amide bonds. The third-order valence-corrected chi connectivity index (χ3v) is 2.04. The van der Waals surface area contributed by atoms with Crippen LogP contribution in [0.15, 0.2) is 18.2 Å². The molecular weight excluding hydrogens is 236 g/mol. The van der Waals surface area contributed by atoms with Crippen molar-refractivity contribution in [1.82, 2.24) is 0 Å². The summed E-state index contributed by atoms with van der Waals surface area (Å²) >= 11 is 0. The number of ether oxygens (including phenoxy) is 2. The number of nitro benzene ring substituents is 1. The molecule has 0 heterocycles. The van der Waals surface area contributed by atoms with E-state index in [1.54, 1.807) is 32.9 Å². The Kier molecular flexibility index (Phi) is 4.49. The molecule has 0 saturated heterocycles. The highest BCUT2D eigenvalue weighted by Gasteiger charge is 2.23. The quantitative estimate of drug-likeness (QED) is 0.620. The average molecular weight is 254 g/mol. The van der Waals surface area contributed by atoms with Gasteiger partial charge >= 0.3 is 5.69 Å². The zero-order valence-corrected chi connectivity index (χ0v) is 10.8. The molecule has 18 heavy (non-hydrogen) atoms. The van der Waals surface area contributed by atoms with Crippen LogP contribution in [0.1, 0.15) is 20.8 Å². The molecule has 0 aliphatic heterocycles. The number of nitrogens with zero attached hydrogens (tertiary/aromatic N) is 1. The van der Waals surface area contributed by atoms with Crippen LogP contribution in [0, 0.1) is 10.1 Å². The summed E-state index contributed by atoms with van der Waals surface area (Å²) in [5.41, 5.74) is 5.06. The average Bonchev–Trinajstić information content (AvgIpc) is 2.25. The number of rotatable bonds is 6. The first kappa shape index (κ1) is 14.2. The summed E-state index contributed by atoms with van der Waals surface area (Å²) < 4.78 is 10.6. The predicted molar refractivity (Wildman–Crippen MR) is 68.0 cm³/mol. The van der Waals surface area contributed by atoms with Gasteiger partial charge in [0.05, 0.1) is 11.5 Å². The van der Waals surface area contributed by atoms with E-state index in [1.807, 2.05) is 0 Å².